The number of rotatable bonds is 5. The number of para-hydroxylation sites is 1. The molecule has 5 nitrogen and oxygen atoms in total. The van der Waals surface area contributed by atoms with Crippen LogP contribution in [0, 0.1) is 5.82 Å². The minimum absolute atomic E-state index is 0.0550. The number of fused-ring (bicyclic) bond motifs is 1. The molecule has 1 aromatic heterocycles. The molecule has 1 aliphatic heterocycles. The number of benzene rings is 2. The highest BCUT2D eigenvalue weighted by atomic mass is 19.1. The van der Waals surface area contributed by atoms with Crippen LogP contribution in [0.5, 0.6) is 0 Å². The van der Waals surface area contributed by atoms with Gasteiger partial charge in [0.2, 0.25) is 0 Å². The smallest absolute Gasteiger partial charge is 0.317 e. The SMILES string of the molecule is O=C(NCc1ccc(F)cc1)N1CCN(CCc2c[nH]c3ccccc23)CC1. The highest BCUT2D eigenvalue weighted by Gasteiger charge is 2.20. The monoisotopic (exact) mass is 380 g/mol. The summed E-state index contributed by atoms with van der Waals surface area (Å²) in [5, 5.41) is 4.21. The summed E-state index contributed by atoms with van der Waals surface area (Å²) in [6.45, 7) is 4.62. The maximum atomic E-state index is 12.9. The number of halogens is 1. The molecule has 0 aliphatic carbocycles. The molecule has 1 aliphatic rings. The number of H-pyrrole nitrogens is 1. The fraction of sp³-hybridized carbons (Fsp3) is 0.318. The first-order valence-corrected chi connectivity index (χ1v) is 9.73. The number of aromatic nitrogens is 1. The van der Waals surface area contributed by atoms with Crippen molar-refractivity contribution in [1.29, 1.82) is 0 Å². The number of hydrogen-bond acceptors (Lipinski definition) is 2. The Bertz CT molecular complexity index is 929. The van der Waals surface area contributed by atoms with E-state index in [-0.39, 0.29) is 11.8 Å². The molecule has 0 radical (unpaired) electrons. The van der Waals surface area contributed by atoms with Crippen LogP contribution in [-0.4, -0.2) is 53.5 Å². The number of amides is 2. The largest absolute Gasteiger partial charge is 0.361 e. The summed E-state index contributed by atoms with van der Waals surface area (Å²) in [6.07, 6.45) is 3.10. The van der Waals surface area contributed by atoms with Gasteiger partial charge in [-0.2, -0.15) is 0 Å². The zero-order valence-electron chi connectivity index (χ0n) is 15.8. The summed E-state index contributed by atoms with van der Waals surface area (Å²) in [5.74, 6) is -0.265. The van der Waals surface area contributed by atoms with E-state index in [1.807, 2.05) is 11.0 Å². The van der Waals surface area contributed by atoms with Crippen molar-refractivity contribution in [2.45, 2.75) is 13.0 Å². The van der Waals surface area contributed by atoms with Crippen LogP contribution in [-0.2, 0) is 13.0 Å². The van der Waals surface area contributed by atoms with E-state index in [4.69, 9.17) is 0 Å². The minimum Gasteiger partial charge on any atom is -0.361 e. The summed E-state index contributed by atoms with van der Waals surface area (Å²) < 4.78 is 12.9. The Morgan fingerprint density at radius 1 is 1.04 bits per heavy atom. The third-order valence-electron chi connectivity index (χ3n) is 5.39. The van der Waals surface area contributed by atoms with E-state index in [0.717, 1.165) is 44.7 Å². The van der Waals surface area contributed by atoms with Crippen molar-refractivity contribution in [3.8, 4) is 0 Å². The standard InChI is InChI=1S/C22H25FN4O/c23-19-7-5-17(6-8-19)15-25-22(28)27-13-11-26(12-14-27)10-9-18-16-24-21-4-2-1-3-20(18)21/h1-8,16,24H,9-15H2,(H,25,28). The Labute approximate surface area is 164 Å². The van der Waals surface area contributed by atoms with E-state index >= 15 is 0 Å². The molecule has 0 bridgehead atoms. The maximum Gasteiger partial charge on any atom is 0.317 e. The van der Waals surface area contributed by atoms with Crippen LogP contribution in [0.1, 0.15) is 11.1 Å². The predicted octanol–water partition coefficient (Wildman–Crippen LogP) is 3.38. The average Bonchev–Trinajstić information content (AvgIpc) is 3.15. The van der Waals surface area contributed by atoms with Gasteiger partial charge in [-0.15, -0.1) is 0 Å². The Hall–Kier alpha value is -2.86. The molecule has 4 rings (SSSR count). The number of carbonyl (C=O) groups is 1. The quantitative estimate of drug-likeness (QED) is 0.713. The Morgan fingerprint density at radius 3 is 2.57 bits per heavy atom. The van der Waals surface area contributed by atoms with E-state index in [1.54, 1.807) is 12.1 Å². The molecular formula is C22H25FN4O. The summed E-state index contributed by atoms with van der Waals surface area (Å²) in [5.41, 5.74) is 3.42. The summed E-state index contributed by atoms with van der Waals surface area (Å²) >= 11 is 0. The van der Waals surface area contributed by atoms with Gasteiger partial charge in [0, 0.05) is 56.4 Å². The molecule has 0 atom stereocenters. The molecular weight excluding hydrogens is 355 g/mol. The van der Waals surface area contributed by atoms with E-state index in [1.165, 1.54) is 28.6 Å². The summed E-state index contributed by atoms with van der Waals surface area (Å²) in [7, 11) is 0. The van der Waals surface area contributed by atoms with Crippen LogP contribution in [0.2, 0.25) is 0 Å². The molecule has 1 saturated heterocycles. The van der Waals surface area contributed by atoms with Crippen LogP contribution in [0.3, 0.4) is 0 Å². The van der Waals surface area contributed by atoms with E-state index < -0.39 is 0 Å². The van der Waals surface area contributed by atoms with Gasteiger partial charge in [0.1, 0.15) is 5.82 Å². The number of hydrogen-bond donors (Lipinski definition) is 2. The van der Waals surface area contributed by atoms with Crippen molar-refractivity contribution in [2.75, 3.05) is 32.7 Å². The van der Waals surface area contributed by atoms with Crippen LogP contribution < -0.4 is 5.32 Å². The Morgan fingerprint density at radius 2 is 1.79 bits per heavy atom. The number of carbonyl (C=O) groups excluding carboxylic acids is 1. The lowest BCUT2D eigenvalue weighted by Gasteiger charge is -2.34. The molecule has 2 aromatic carbocycles. The van der Waals surface area contributed by atoms with Crippen molar-refractivity contribution < 1.29 is 9.18 Å². The minimum atomic E-state index is -0.265. The topological polar surface area (TPSA) is 51.4 Å². The van der Waals surface area contributed by atoms with Crippen molar-refractivity contribution in [1.82, 2.24) is 20.1 Å². The fourth-order valence-corrected chi connectivity index (χ4v) is 3.68. The molecule has 28 heavy (non-hydrogen) atoms. The molecule has 0 saturated carbocycles. The molecule has 2 N–H and O–H groups in total. The highest BCUT2D eigenvalue weighted by molar-refractivity contribution is 5.83. The summed E-state index contributed by atoms with van der Waals surface area (Å²) in [6, 6.07) is 14.5. The van der Waals surface area contributed by atoms with Crippen molar-refractivity contribution in [3.63, 3.8) is 0 Å². The van der Waals surface area contributed by atoms with Crippen LogP contribution in [0.15, 0.2) is 54.7 Å². The van der Waals surface area contributed by atoms with Crippen LogP contribution in [0.25, 0.3) is 10.9 Å². The molecule has 1 fully saturated rings. The fourth-order valence-electron chi connectivity index (χ4n) is 3.68. The van der Waals surface area contributed by atoms with E-state index in [0.29, 0.717) is 6.54 Å². The van der Waals surface area contributed by atoms with Gasteiger partial charge in [-0.3, -0.25) is 4.90 Å². The molecule has 2 heterocycles. The lowest BCUT2D eigenvalue weighted by Crippen LogP contribution is -2.51. The number of nitrogens with one attached hydrogen (secondary N) is 2. The second kappa shape index (κ2) is 8.44. The number of urea groups is 1. The third kappa shape index (κ3) is 4.34. The van der Waals surface area contributed by atoms with Gasteiger partial charge in [0.25, 0.3) is 0 Å². The van der Waals surface area contributed by atoms with Crippen molar-refractivity contribution in [2.24, 2.45) is 0 Å². The number of piperazine rings is 1. The molecule has 146 valence electrons. The zero-order chi connectivity index (χ0) is 19.3. The number of nitrogens with zero attached hydrogens (tertiary/aromatic N) is 2. The Balaban J connectivity index is 1.22. The second-order valence-corrected chi connectivity index (χ2v) is 7.22. The maximum absolute atomic E-state index is 12.9. The first-order chi connectivity index (χ1) is 13.7. The van der Waals surface area contributed by atoms with Gasteiger partial charge < -0.3 is 15.2 Å². The van der Waals surface area contributed by atoms with Crippen LogP contribution >= 0.6 is 0 Å². The molecule has 6 heteroatoms. The lowest BCUT2D eigenvalue weighted by atomic mass is 10.1. The molecule has 3 aromatic rings. The first kappa shape index (κ1) is 18.5. The van der Waals surface area contributed by atoms with Crippen molar-refractivity contribution >= 4 is 16.9 Å². The first-order valence-electron chi connectivity index (χ1n) is 9.73. The molecule has 2 amide bonds. The van der Waals surface area contributed by atoms with Gasteiger partial charge in [0.05, 0.1) is 0 Å². The third-order valence-corrected chi connectivity index (χ3v) is 5.39. The average molecular weight is 380 g/mol. The highest BCUT2D eigenvalue weighted by Crippen LogP contribution is 2.18. The normalized spacial score (nSPS) is 15.1. The van der Waals surface area contributed by atoms with Gasteiger partial charge >= 0.3 is 6.03 Å². The predicted molar refractivity (Wildman–Crippen MR) is 109 cm³/mol. The Kier molecular flexibility index (Phi) is 5.58. The van der Waals surface area contributed by atoms with Gasteiger partial charge in [-0.1, -0.05) is 30.3 Å². The lowest BCUT2D eigenvalue weighted by molar-refractivity contribution is 0.140. The molecule has 0 unspecified atom stereocenters. The second-order valence-electron chi connectivity index (χ2n) is 7.22. The molecule has 0 spiro atoms. The summed E-state index contributed by atoms with van der Waals surface area (Å²) in [4.78, 5) is 19.9. The zero-order valence-corrected chi connectivity index (χ0v) is 15.8. The van der Waals surface area contributed by atoms with Gasteiger partial charge in [-0.25, -0.2) is 9.18 Å². The number of aromatic amines is 1. The van der Waals surface area contributed by atoms with E-state index in [2.05, 4.69) is 39.6 Å². The van der Waals surface area contributed by atoms with Crippen LogP contribution in [0.4, 0.5) is 9.18 Å². The van der Waals surface area contributed by atoms with Gasteiger partial charge in [0.15, 0.2) is 0 Å². The van der Waals surface area contributed by atoms with Gasteiger partial charge in [-0.05, 0) is 35.7 Å². The van der Waals surface area contributed by atoms with Crippen molar-refractivity contribution in [3.05, 3.63) is 71.7 Å². The van der Waals surface area contributed by atoms with E-state index in [9.17, 15) is 9.18 Å².